The van der Waals surface area contributed by atoms with Crippen molar-refractivity contribution in [2.45, 2.75) is 60.5 Å². The molecule has 0 spiro atoms. The Morgan fingerprint density at radius 3 is 2.11 bits per heavy atom. The topological polar surface area (TPSA) is 46.5 Å². The van der Waals surface area contributed by atoms with Crippen molar-refractivity contribution in [1.29, 1.82) is 0 Å². The van der Waals surface area contributed by atoms with Gasteiger partial charge in [-0.15, -0.1) is 0 Å². The molecule has 114 valence electrons. The van der Waals surface area contributed by atoms with Crippen LogP contribution in [0.2, 0.25) is 0 Å². The average Bonchev–Trinajstić information content (AvgIpc) is 2.34. The molecule has 4 atom stereocenters. The van der Waals surface area contributed by atoms with Crippen LogP contribution < -0.4 is 0 Å². The van der Waals surface area contributed by atoms with E-state index in [1.165, 1.54) is 0 Å². The lowest BCUT2D eigenvalue weighted by atomic mass is 9.88. The van der Waals surface area contributed by atoms with Gasteiger partial charge in [0.15, 0.2) is 0 Å². The molecule has 0 radical (unpaired) electrons. The van der Waals surface area contributed by atoms with Crippen LogP contribution in [-0.4, -0.2) is 30.2 Å². The van der Waals surface area contributed by atoms with Gasteiger partial charge in [0.25, 0.3) is 0 Å². The number of carbonyl (C=O) groups is 1. The zero-order valence-corrected chi connectivity index (χ0v) is 13.5. The van der Waals surface area contributed by atoms with Crippen LogP contribution in [0.5, 0.6) is 0 Å². The summed E-state index contributed by atoms with van der Waals surface area (Å²) in [5, 5.41) is 9.03. The van der Waals surface area contributed by atoms with E-state index in [1.54, 1.807) is 0 Å². The fourth-order valence-corrected chi connectivity index (χ4v) is 2.12. The molecule has 0 aliphatic rings. The van der Waals surface area contributed by atoms with Gasteiger partial charge in [0.2, 0.25) is 0 Å². The SMILES string of the molecule is CC(C)COC(C)C(C)C(=O)CC(C)CC(C)CO. The Balaban J connectivity index is 4.10. The number of rotatable bonds is 10. The molecule has 0 amide bonds. The Hall–Kier alpha value is -0.410. The van der Waals surface area contributed by atoms with Crippen LogP contribution in [0, 0.1) is 23.7 Å². The van der Waals surface area contributed by atoms with E-state index >= 15 is 0 Å². The van der Waals surface area contributed by atoms with Crippen LogP contribution >= 0.6 is 0 Å². The van der Waals surface area contributed by atoms with Gasteiger partial charge in [-0.3, -0.25) is 4.79 Å². The minimum Gasteiger partial charge on any atom is -0.396 e. The second-order valence-corrected chi connectivity index (χ2v) is 6.52. The van der Waals surface area contributed by atoms with E-state index in [4.69, 9.17) is 9.84 Å². The van der Waals surface area contributed by atoms with Crippen molar-refractivity contribution in [3.8, 4) is 0 Å². The summed E-state index contributed by atoms with van der Waals surface area (Å²) >= 11 is 0. The quantitative estimate of drug-likeness (QED) is 0.664. The molecule has 1 N–H and O–H groups in total. The van der Waals surface area contributed by atoms with Gasteiger partial charge in [-0.2, -0.15) is 0 Å². The van der Waals surface area contributed by atoms with E-state index in [2.05, 4.69) is 20.8 Å². The maximum atomic E-state index is 12.2. The van der Waals surface area contributed by atoms with Gasteiger partial charge in [0, 0.05) is 25.6 Å². The first-order chi connectivity index (χ1) is 8.77. The summed E-state index contributed by atoms with van der Waals surface area (Å²) in [6.07, 6.45) is 1.47. The van der Waals surface area contributed by atoms with Gasteiger partial charge in [-0.1, -0.05) is 34.6 Å². The van der Waals surface area contributed by atoms with Gasteiger partial charge >= 0.3 is 0 Å². The van der Waals surface area contributed by atoms with Gasteiger partial charge < -0.3 is 9.84 Å². The smallest absolute Gasteiger partial charge is 0.138 e. The van der Waals surface area contributed by atoms with Gasteiger partial charge in [0.1, 0.15) is 5.78 Å². The highest BCUT2D eigenvalue weighted by Crippen LogP contribution is 2.19. The van der Waals surface area contributed by atoms with Crippen molar-refractivity contribution in [2.24, 2.45) is 23.7 Å². The number of hydrogen-bond donors (Lipinski definition) is 1. The first kappa shape index (κ1) is 18.6. The van der Waals surface area contributed by atoms with Gasteiger partial charge in [0.05, 0.1) is 6.10 Å². The molecule has 4 unspecified atom stereocenters. The molecule has 0 saturated carbocycles. The van der Waals surface area contributed by atoms with E-state index in [1.807, 2.05) is 20.8 Å². The van der Waals surface area contributed by atoms with E-state index in [0.29, 0.717) is 24.9 Å². The maximum Gasteiger partial charge on any atom is 0.138 e. The summed E-state index contributed by atoms with van der Waals surface area (Å²) in [4.78, 5) is 12.2. The monoisotopic (exact) mass is 272 g/mol. The van der Waals surface area contributed by atoms with Crippen LogP contribution in [0.1, 0.15) is 54.4 Å². The zero-order chi connectivity index (χ0) is 15.0. The molecule has 0 aromatic carbocycles. The number of Topliss-reactive ketones (excluding diaryl/α,β-unsaturated/α-hetero) is 1. The van der Waals surface area contributed by atoms with Crippen molar-refractivity contribution < 1.29 is 14.6 Å². The Kier molecular flexibility index (Phi) is 9.28. The van der Waals surface area contributed by atoms with Crippen LogP contribution in [0.3, 0.4) is 0 Å². The van der Waals surface area contributed by atoms with Crippen molar-refractivity contribution in [2.75, 3.05) is 13.2 Å². The van der Waals surface area contributed by atoms with E-state index in [-0.39, 0.29) is 30.3 Å². The number of ether oxygens (including phenoxy) is 1. The van der Waals surface area contributed by atoms with Gasteiger partial charge in [-0.25, -0.2) is 0 Å². The summed E-state index contributed by atoms with van der Waals surface area (Å²) in [7, 11) is 0. The molecule has 0 heterocycles. The highest BCUT2D eigenvalue weighted by molar-refractivity contribution is 5.81. The van der Waals surface area contributed by atoms with Crippen molar-refractivity contribution in [1.82, 2.24) is 0 Å². The number of hydrogen-bond acceptors (Lipinski definition) is 3. The summed E-state index contributed by atoms with van der Waals surface area (Å²) in [5.74, 6) is 1.32. The largest absolute Gasteiger partial charge is 0.396 e. The summed E-state index contributed by atoms with van der Waals surface area (Å²) in [5.41, 5.74) is 0. The molecular weight excluding hydrogens is 240 g/mol. The predicted octanol–water partition coefficient (Wildman–Crippen LogP) is 3.30. The molecule has 19 heavy (non-hydrogen) atoms. The predicted molar refractivity (Wildman–Crippen MR) is 79.1 cm³/mol. The second kappa shape index (κ2) is 9.49. The molecule has 0 aliphatic heterocycles. The number of aliphatic hydroxyl groups excluding tert-OH is 1. The first-order valence-electron chi connectivity index (χ1n) is 7.53. The molecule has 0 aromatic rings. The minimum atomic E-state index is -0.0503. The third kappa shape index (κ3) is 8.38. The Morgan fingerprint density at radius 2 is 1.63 bits per heavy atom. The highest BCUT2D eigenvalue weighted by atomic mass is 16.5. The zero-order valence-electron chi connectivity index (χ0n) is 13.5. The van der Waals surface area contributed by atoms with Gasteiger partial charge in [-0.05, 0) is 31.1 Å². The lowest BCUT2D eigenvalue weighted by molar-refractivity contribution is -0.128. The molecule has 0 bridgehead atoms. The number of aliphatic hydroxyl groups is 1. The molecule has 0 rings (SSSR count). The highest BCUT2D eigenvalue weighted by Gasteiger charge is 2.23. The van der Waals surface area contributed by atoms with Crippen LogP contribution in [0.4, 0.5) is 0 Å². The molecule has 0 fully saturated rings. The molecule has 0 saturated heterocycles. The van der Waals surface area contributed by atoms with Crippen LogP contribution in [0.25, 0.3) is 0 Å². The maximum absolute atomic E-state index is 12.2. The summed E-state index contributed by atoms with van der Waals surface area (Å²) < 4.78 is 5.71. The summed E-state index contributed by atoms with van der Waals surface area (Å²) in [6, 6.07) is 0. The Labute approximate surface area is 118 Å². The number of ketones is 1. The van der Waals surface area contributed by atoms with E-state index in [0.717, 1.165) is 6.42 Å². The first-order valence-corrected chi connectivity index (χ1v) is 7.53. The molecule has 0 aromatic heterocycles. The van der Waals surface area contributed by atoms with Crippen molar-refractivity contribution in [3.63, 3.8) is 0 Å². The van der Waals surface area contributed by atoms with Crippen molar-refractivity contribution in [3.05, 3.63) is 0 Å². The number of carbonyl (C=O) groups excluding carboxylic acids is 1. The molecule has 3 nitrogen and oxygen atoms in total. The molecular formula is C16H32O3. The normalized spacial score (nSPS) is 18.1. The third-order valence-electron chi connectivity index (χ3n) is 3.57. The Morgan fingerprint density at radius 1 is 1.05 bits per heavy atom. The van der Waals surface area contributed by atoms with Crippen LogP contribution in [-0.2, 0) is 9.53 Å². The van der Waals surface area contributed by atoms with Crippen LogP contribution in [0.15, 0.2) is 0 Å². The van der Waals surface area contributed by atoms with E-state index < -0.39 is 0 Å². The third-order valence-corrected chi connectivity index (χ3v) is 3.57. The minimum absolute atomic E-state index is 0.0163. The van der Waals surface area contributed by atoms with E-state index in [9.17, 15) is 4.79 Å². The average molecular weight is 272 g/mol. The van der Waals surface area contributed by atoms with Crippen molar-refractivity contribution >= 4 is 5.78 Å². The Bertz CT molecular complexity index is 250. The fourth-order valence-electron chi connectivity index (χ4n) is 2.12. The second-order valence-electron chi connectivity index (χ2n) is 6.52. The summed E-state index contributed by atoms with van der Waals surface area (Å²) in [6.45, 7) is 13.1. The lowest BCUT2D eigenvalue weighted by Gasteiger charge is -2.22. The fraction of sp³-hybridized carbons (Fsp3) is 0.938. The standard InChI is InChI=1S/C16H32O3/c1-11(2)10-19-15(6)14(5)16(18)8-12(3)7-13(4)9-17/h11-15,17H,7-10H2,1-6H3. The molecule has 3 heteroatoms. The lowest BCUT2D eigenvalue weighted by Crippen LogP contribution is -2.28. The molecule has 0 aliphatic carbocycles.